The Bertz CT molecular complexity index is 601. The van der Waals surface area contributed by atoms with E-state index in [1.807, 2.05) is 13.0 Å². The first-order valence-electron chi connectivity index (χ1n) is 8.26. The Kier molecular flexibility index (Phi) is 9.64. The van der Waals surface area contributed by atoms with E-state index < -0.39 is 0 Å². The zero-order valence-corrected chi connectivity index (χ0v) is 16.7. The van der Waals surface area contributed by atoms with E-state index in [0.717, 1.165) is 23.5 Å². The van der Waals surface area contributed by atoms with Gasteiger partial charge in [0.1, 0.15) is 0 Å². The Balaban J connectivity index is 0.00000312. The monoisotopic (exact) mass is 405 g/mol. The lowest BCUT2D eigenvalue weighted by atomic mass is 9.96. The van der Waals surface area contributed by atoms with Gasteiger partial charge in [0.15, 0.2) is 0 Å². The number of rotatable bonds is 6. The molecule has 0 aliphatic carbocycles. The van der Waals surface area contributed by atoms with Crippen LogP contribution in [0.15, 0.2) is 23.1 Å². The number of carbonyl (C=O) groups excluding carboxylic acids is 2. The second kappa shape index (κ2) is 10.9. The van der Waals surface area contributed by atoms with Crippen LogP contribution in [0.25, 0.3) is 0 Å². The van der Waals surface area contributed by atoms with Crippen LogP contribution < -0.4 is 11.1 Å². The Morgan fingerprint density at radius 3 is 2.88 bits per heavy atom. The van der Waals surface area contributed by atoms with E-state index in [9.17, 15) is 9.59 Å². The number of piperidine rings is 1. The third-order valence-electron chi connectivity index (χ3n) is 3.99. The van der Waals surface area contributed by atoms with Gasteiger partial charge in [0.25, 0.3) is 5.91 Å². The molecule has 2 amide bonds. The van der Waals surface area contributed by atoms with Gasteiger partial charge >= 0.3 is 0 Å². The Hall–Kier alpha value is -0.950. The number of amides is 2. The number of carbonyl (C=O) groups is 2. The van der Waals surface area contributed by atoms with Crippen molar-refractivity contribution in [2.75, 3.05) is 31.9 Å². The van der Waals surface area contributed by atoms with Gasteiger partial charge < -0.3 is 16.0 Å². The third-order valence-corrected chi connectivity index (χ3v) is 5.19. The van der Waals surface area contributed by atoms with Crippen LogP contribution in [0.1, 0.15) is 30.1 Å². The van der Waals surface area contributed by atoms with Crippen molar-refractivity contribution in [2.24, 2.45) is 11.7 Å². The molecule has 1 unspecified atom stereocenters. The van der Waals surface area contributed by atoms with E-state index in [1.165, 1.54) is 0 Å². The Morgan fingerprint density at radius 2 is 2.20 bits per heavy atom. The number of hydrogen-bond acceptors (Lipinski definition) is 4. The quantitative estimate of drug-likeness (QED) is 0.713. The fourth-order valence-electron chi connectivity index (χ4n) is 2.84. The van der Waals surface area contributed by atoms with Crippen molar-refractivity contribution in [1.82, 2.24) is 10.2 Å². The van der Waals surface area contributed by atoms with Gasteiger partial charge in [-0.2, -0.15) is 0 Å². The maximum atomic E-state index is 12.9. The SMILES string of the molecule is CCSc1ccc(Cl)cc1C(=O)N1CCCC(C(=O)NCCN)C1.Cl. The molecule has 5 nitrogen and oxygen atoms in total. The second-order valence-corrected chi connectivity index (χ2v) is 7.49. The predicted molar refractivity (Wildman–Crippen MR) is 106 cm³/mol. The van der Waals surface area contributed by atoms with Crippen LogP contribution in [-0.2, 0) is 4.79 Å². The van der Waals surface area contributed by atoms with Crippen molar-refractivity contribution < 1.29 is 9.59 Å². The van der Waals surface area contributed by atoms with Crippen LogP contribution >= 0.6 is 35.8 Å². The van der Waals surface area contributed by atoms with Crippen molar-refractivity contribution in [3.05, 3.63) is 28.8 Å². The van der Waals surface area contributed by atoms with Crippen molar-refractivity contribution in [3.8, 4) is 0 Å². The Morgan fingerprint density at radius 1 is 1.44 bits per heavy atom. The van der Waals surface area contributed by atoms with Crippen molar-refractivity contribution in [2.45, 2.75) is 24.7 Å². The first-order valence-corrected chi connectivity index (χ1v) is 9.62. The summed E-state index contributed by atoms with van der Waals surface area (Å²) >= 11 is 7.70. The van der Waals surface area contributed by atoms with Crippen LogP contribution in [0.2, 0.25) is 5.02 Å². The van der Waals surface area contributed by atoms with Gasteiger partial charge in [0, 0.05) is 36.1 Å². The first kappa shape index (κ1) is 22.1. The molecule has 0 bridgehead atoms. The van der Waals surface area contributed by atoms with Crippen LogP contribution in [0, 0.1) is 5.92 Å². The average Bonchev–Trinajstić information content (AvgIpc) is 2.60. The minimum Gasteiger partial charge on any atom is -0.355 e. The van der Waals surface area contributed by atoms with Gasteiger partial charge in [-0.25, -0.2) is 0 Å². The van der Waals surface area contributed by atoms with Crippen molar-refractivity contribution >= 4 is 47.6 Å². The predicted octanol–water partition coefficient (Wildman–Crippen LogP) is 2.80. The second-order valence-electron chi connectivity index (χ2n) is 5.74. The summed E-state index contributed by atoms with van der Waals surface area (Å²) in [4.78, 5) is 27.8. The molecule has 3 N–H and O–H groups in total. The normalized spacial score (nSPS) is 16.9. The molecular formula is C17H25Cl2N3O2S. The highest BCUT2D eigenvalue weighted by atomic mass is 35.5. The van der Waals surface area contributed by atoms with E-state index in [1.54, 1.807) is 28.8 Å². The van der Waals surface area contributed by atoms with E-state index in [0.29, 0.717) is 36.8 Å². The molecule has 25 heavy (non-hydrogen) atoms. The van der Waals surface area contributed by atoms with Gasteiger partial charge in [-0.3, -0.25) is 9.59 Å². The molecule has 140 valence electrons. The van der Waals surface area contributed by atoms with Crippen molar-refractivity contribution in [3.63, 3.8) is 0 Å². The third kappa shape index (κ3) is 6.06. The van der Waals surface area contributed by atoms with E-state index in [4.69, 9.17) is 17.3 Å². The summed E-state index contributed by atoms with van der Waals surface area (Å²) in [5, 5.41) is 3.36. The van der Waals surface area contributed by atoms with Gasteiger partial charge in [0.05, 0.1) is 11.5 Å². The first-order chi connectivity index (χ1) is 11.6. The fraction of sp³-hybridized carbons (Fsp3) is 0.529. The summed E-state index contributed by atoms with van der Waals surface area (Å²) in [6.45, 7) is 4.04. The van der Waals surface area contributed by atoms with E-state index in [-0.39, 0.29) is 30.1 Å². The topological polar surface area (TPSA) is 75.4 Å². The summed E-state index contributed by atoms with van der Waals surface area (Å²) in [7, 11) is 0. The highest BCUT2D eigenvalue weighted by Gasteiger charge is 2.29. The van der Waals surface area contributed by atoms with Crippen LogP contribution in [0.5, 0.6) is 0 Å². The number of halogens is 2. The molecule has 1 aliphatic heterocycles. The standard InChI is InChI=1S/C17H24ClN3O2S.ClH/c1-2-24-15-6-5-13(18)10-14(15)17(23)21-9-3-4-12(11-21)16(22)20-8-7-19;/h5-6,10,12H,2-4,7-9,11,19H2,1H3,(H,20,22);1H. The van der Waals surface area contributed by atoms with Gasteiger partial charge in [-0.15, -0.1) is 24.2 Å². The van der Waals surface area contributed by atoms with Crippen LogP contribution in [-0.4, -0.2) is 48.6 Å². The largest absolute Gasteiger partial charge is 0.355 e. The number of nitrogens with one attached hydrogen (secondary N) is 1. The molecule has 1 fully saturated rings. The smallest absolute Gasteiger partial charge is 0.255 e. The van der Waals surface area contributed by atoms with E-state index in [2.05, 4.69) is 5.32 Å². The zero-order valence-electron chi connectivity index (χ0n) is 14.3. The summed E-state index contributed by atoms with van der Waals surface area (Å²) < 4.78 is 0. The molecule has 0 saturated carbocycles. The van der Waals surface area contributed by atoms with Gasteiger partial charge in [0.2, 0.25) is 5.91 Å². The number of nitrogens with two attached hydrogens (primary N) is 1. The van der Waals surface area contributed by atoms with Crippen LogP contribution in [0.4, 0.5) is 0 Å². The molecule has 0 aromatic heterocycles. The summed E-state index contributed by atoms with van der Waals surface area (Å²) in [6, 6.07) is 5.41. The molecule has 2 rings (SSSR count). The minimum atomic E-state index is -0.171. The molecule has 1 aromatic rings. The number of thioether (sulfide) groups is 1. The molecule has 1 heterocycles. The molecule has 8 heteroatoms. The lowest BCUT2D eigenvalue weighted by molar-refractivity contribution is -0.126. The summed E-state index contributed by atoms with van der Waals surface area (Å²) in [5.74, 6) is 0.638. The maximum Gasteiger partial charge on any atom is 0.255 e. The molecule has 1 aliphatic rings. The number of nitrogens with zero attached hydrogens (tertiary/aromatic N) is 1. The summed E-state index contributed by atoms with van der Waals surface area (Å²) in [6.07, 6.45) is 1.62. The molecular weight excluding hydrogens is 381 g/mol. The van der Waals surface area contributed by atoms with Gasteiger partial charge in [-0.1, -0.05) is 18.5 Å². The number of hydrogen-bond donors (Lipinski definition) is 2. The highest BCUT2D eigenvalue weighted by Crippen LogP contribution is 2.28. The minimum absolute atomic E-state index is 0. The molecule has 0 radical (unpaired) electrons. The van der Waals surface area contributed by atoms with Crippen molar-refractivity contribution in [1.29, 1.82) is 0 Å². The fourth-order valence-corrected chi connectivity index (χ4v) is 3.79. The number of likely N-dealkylation sites (tertiary alicyclic amines) is 1. The maximum absolute atomic E-state index is 12.9. The van der Waals surface area contributed by atoms with Crippen LogP contribution in [0.3, 0.4) is 0 Å². The average molecular weight is 406 g/mol. The lowest BCUT2D eigenvalue weighted by Crippen LogP contribution is -2.46. The molecule has 0 spiro atoms. The van der Waals surface area contributed by atoms with E-state index >= 15 is 0 Å². The molecule has 1 atom stereocenters. The highest BCUT2D eigenvalue weighted by molar-refractivity contribution is 7.99. The summed E-state index contributed by atoms with van der Waals surface area (Å²) in [5.41, 5.74) is 6.05. The zero-order chi connectivity index (χ0) is 17.5. The molecule has 1 aromatic carbocycles. The lowest BCUT2D eigenvalue weighted by Gasteiger charge is -2.32. The van der Waals surface area contributed by atoms with Gasteiger partial charge in [-0.05, 0) is 36.8 Å². The number of benzene rings is 1. The molecule has 1 saturated heterocycles. The Labute approximate surface area is 164 Å².